The molecule has 0 amide bonds. The monoisotopic (exact) mass is 388 g/mol. The number of aromatic nitrogens is 2. The van der Waals surface area contributed by atoms with Crippen LogP contribution in [0.25, 0.3) is 16.9 Å². The average molecular weight is 388 g/mol. The Morgan fingerprint density at radius 2 is 1.68 bits per heavy atom. The molecule has 3 rings (SSSR count). The van der Waals surface area contributed by atoms with Crippen LogP contribution in [0.3, 0.4) is 0 Å². The molecular weight excluding hydrogens is 369 g/mol. The maximum absolute atomic E-state index is 12.8. The molecule has 0 saturated carbocycles. The van der Waals surface area contributed by atoms with E-state index in [9.17, 15) is 23.1 Å². The van der Waals surface area contributed by atoms with Crippen LogP contribution in [-0.4, -0.2) is 20.9 Å². The van der Waals surface area contributed by atoms with Crippen LogP contribution in [0.2, 0.25) is 0 Å². The third-order valence-electron chi connectivity index (χ3n) is 4.45. The van der Waals surface area contributed by atoms with Crippen molar-refractivity contribution in [2.24, 2.45) is 0 Å². The Morgan fingerprint density at radius 1 is 1.07 bits per heavy atom. The van der Waals surface area contributed by atoms with Gasteiger partial charge in [0.2, 0.25) is 0 Å². The van der Waals surface area contributed by atoms with E-state index in [0.29, 0.717) is 29.8 Å². The quantitative estimate of drug-likeness (QED) is 0.626. The normalized spacial score (nSPS) is 11.6. The van der Waals surface area contributed by atoms with Crippen LogP contribution in [0.5, 0.6) is 0 Å². The number of hydrogen-bond acceptors (Lipinski definition) is 2. The van der Waals surface area contributed by atoms with Crippen molar-refractivity contribution in [2.75, 3.05) is 0 Å². The minimum absolute atomic E-state index is 0.0159. The van der Waals surface area contributed by atoms with Gasteiger partial charge in [0.1, 0.15) is 11.3 Å². The minimum atomic E-state index is -4.46. The lowest BCUT2D eigenvalue weighted by molar-refractivity contribution is -0.137. The van der Waals surface area contributed by atoms with Gasteiger partial charge < -0.3 is 5.11 Å². The first-order valence-corrected chi connectivity index (χ1v) is 8.82. The van der Waals surface area contributed by atoms with E-state index >= 15 is 0 Å². The molecule has 146 valence electrons. The summed E-state index contributed by atoms with van der Waals surface area (Å²) in [5.41, 5.74) is 1.98. The fraction of sp³-hybridized carbons (Fsp3) is 0.238. The molecule has 0 aliphatic carbocycles. The van der Waals surface area contributed by atoms with Gasteiger partial charge in [-0.15, -0.1) is 0 Å². The topological polar surface area (TPSA) is 55.1 Å². The largest absolute Gasteiger partial charge is 0.478 e. The molecule has 0 fully saturated rings. The summed E-state index contributed by atoms with van der Waals surface area (Å²) in [5.74, 6) is -1.16. The standard InChI is InChI=1S/C21H19F3N2O2/c1-3-4-17-18(20(27)28)19(14-7-9-15(10-8-14)21(22,23)24)25-26(17)16-11-5-13(2)6-12-16/h5-12H,3-4H2,1-2H3,(H,27,28). The number of aryl methyl sites for hydroxylation is 1. The number of benzene rings is 2. The van der Waals surface area contributed by atoms with Crippen LogP contribution in [-0.2, 0) is 12.6 Å². The number of aromatic carboxylic acids is 1. The molecule has 0 aliphatic heterocycles. The van der Waals surface area contributed by atoms with Gasteiger partial charge in [-0.3, -0.25) is 0 Å². The van der Waals surface area contributed by atoms with E-state index in [1.54, 1.807) is 4.68 Å². The molecule has 0 radical (unpaired) electrons. The highest BCUT2D eigenvalue weighted by Gasteiger charge is 2.31. The number of halogens is 3. The van der Waals surface area contributed by atoms with Gasteiger partial charge in [-0.05, 0) is 37.6 Å². The van der Waals surface area contributed by atoms with Gasteiger partial charge in [0.25, 0.3) is 0 Å². The molecule has 3 aromatic rings. The van der Waals surface area contributed by atoms with E-state index in [4.69, 9.17) is 0 Å². The van der Waals surface area contributed by atoms with Crippen molar-refractivity contribution in [1.29, 1.82) is 0 Å². The zero-order chi connectivity index (χ0) is 20.5. The number of carboxylic acids is 1. The maximum Gasteiger partial charge on any atom is 0.416 e. The van der Waals surface area contributed by atoms with Gasteiger partial charge in [0.15, 0.2) is 0 Å². The minimum Gasteiger partial charge on any atom is -0.478 e. The molecule has 0 bridgehead atoms. The summed E-state index contributed by atoms with van der Waals surface area (Å²) in [5, 5.41) is 14.3. The molecule has 1 aromatic heterocycles. The molecule has 2 aromatic carbocycles. The first-order valence-electron chi connectivity index (χ1n) is 8.82. The first kappa shape index (κ1) is 19.7. The van der Waals surface area contributed by atoms with Crippen LogP contribution in [0.4, 0.5) is 13.2 Å². The third-order valence-corrected chi connectivity index (χ3v) is 4.45. The highest BCUT2D eigenvalue weighted by molar-refractivity contribution is 5.96. The second-order valence-electron chi connectivity index (χ2n) is 6.55. The zero-order valence-corrected chi connectivity index (χ0v) is 15.4. The summed E-state index contributed by atoms with van der Waals surface area (Å²) in [7, 11) is 0. The smallest absolute Gasteiger partial charge is 0.416 e. The molecule has 0 atom stereocenters. The van der Waals surface area contributed by atoms with Gasteiger partial charge in [0, 0.05) is 5.56 Å². The average Bonchev–Trinajstić information content (AvgIpc) is 3.02. The number of alkyl halides is 3. The predicted molar refractivity (Wildman–Crippen MR) is 99.7 cm³/mol. The van der Waals surface area contributed by atoms with Crippen LogP contribution < -0.4 is 0 Å². The van der Waals surface area contributed by atoms with Gasteiger partial charge in [-0.1, -0.05) is 43.2 Å². The molecule has 4 nitrogen and oxygen atoms in total. The van der Waals surface area contributed by atoms with Crippen LogP contribution in [0.1, 0.15) is 40.5 Å². The van der Waals surface area contributed by atoms with Gasteiger partial charge in [-0.2, -0.15) is 18.3 Å². The molecule has 28 heavy (non-hydrogen) atoms. The summed E-state index contributed by atoms with van der Waals surface area (Å²) in [6, 6.07) is 11.8. The van der Waals surface area contributed by atoms with E-state index in [0.717, 1.165) is 17.7 Å². The number of carbonyl (C=O) groups is 1. The molecule has 0 spiro atoms. The Kier molecular flexibility index (Phi) is 5.27. The van der Waals surface area contributed by atoms with Crippen molar-refractivity contribution in [3.8, 4) is 16.9 Å². The number of nitrogens with zero attached hydrogens (tertiary/aromatic N) is 2. The second kappa shape index (κ2) is 7.50. The highest BCUT2D eigenvalue weighted by Crippen LogP contribution is 2.33. The van der Waals surface area contributed by atoms with E-state index in [2.05, 4.69) is 5.10 Å². The Morgan fingerprint density at radius 3 is 2.18 bits per heavy atom. The van der Waals surface area contributed by atoms with Gasteiger partial charge in [0.05, 0.1) is 16.9 Å². The molecule has 0 saturated heterocycles. The molecule has 1 N–H and O–H groups in total. The Bertz CT molecular complexity index is 988. The fourth-order valence-corrected chi connectivity index (χ4v) is 3.06. The maximum atomic E-state index is 12.8. The molecular formula is C21H19F3N2O2. The molecule has 7 heteroatoms. The van der Waals surface area contributed by atoms with Crippen LogP contribution in [0, 0.1) is 6.92 Å². The first-order chi connectivity index (χ1) is 13.2. The van der Waals surface area contributed by atoms with Crippen molar-refractivity contribution in [2.45, 2.75) is 32.9 Å². The highest BCUT2D eigenvalue weighted by atomic mass is 19.4. The number of rotatable bonds is 5. The summed E-state index contributed by atoms with van der Waals surface area (Å²) in [4.78, 5) is 12.0. The van der Waals surface area contributed by atoms with Crippen molar-refractivity contribution in [3.05, 3.63) is 70.9 Å². The van der Waals surface area contributed by atoms with E-state index in [-0.39, 0.29) is 11.3 Å². The predicted octanol–water partition coefficient (Wildman–Crippen LogP) is 5.52. The number of hydrogen-bond donors (Lipinski definition) is 1. The summed E-state index contributed by atoms with van der Waals surface area (Å²) in [6.45, 7) is 3.87. The van der Waals surface area contributed by atoms with E-state index in [1.807, 2.05) is 38.1 Å². The third kappa shape index (κ3) is 3.78. The van der Waals surface area contributed by atoms with Gasteiger partial charge >= 0.3 is 12.1 Å². The summed E-state index contributed by atoms with van der Waals surface area (Å²) in [6.07, 6.45) is -3.28. The Balaban J connectivity index is 2.19. The van der Waals surface area contributed by atoms with Crippen molar-refractivity contribution in [1.82, 2.24) is 9.78 Å². The fourth-order valence-electron chi connectivity index (χ4n) is 3.06. The lowest BCUT2D eigenvalue weighted by atomic mass is 10.0. The molecule has 0 aliphatic rings. The molecule has 1 heterocycles. The van der Waals surface area contributed by atoms with Crippen LogP contribution >= 0.6 is 0 Å². The van der Waals surface area contributed by atoms with E-state index < -0.39 is 17.7 Å². The van der Waals surface area contributed by atoms with E-state index in [1.165, 1.54) is 12.1 Å². The van der Waals surface area contributed by atoms with Crippen molar-refractivity contribution in [3.63, 3.8) is 0 Å². The Hall–Kier alpha value is -3.09. The summed E-state index contributed by atoms with van der Waals surface area (Å²) >= 11 is 0. The van der Waals surface area contributed by atoms with Crippen molar-refractivity contribution >= 4 is 5.97 Å². The Labute approximate surface area is 160 Å². The lowest BCUT2D eigenvalue weighted by Gasteiger charge is -2.07. The number of carboxylic acid groups (broad SMARTS) is 1. The SMILES string of the molecule is CCCc1c(C(=O)O)c(-c2ccc(C(F)(F)F)cc2)nn1-c1ccc(C)cc1. The second-order valence-corrected chi connectivity index (χ2v) is 6.55. The lowest BCUT2D eigenvalue weighted by Crippen LogP contribution is -2.06. The molecule has 0 unspecified atom stereocenters. The van der Waals surface area contributed by atoms with Crippen molar-refractivity contribution < 1.29 is 23.1 Å². The zero-order valence-electron chi connectivity index (χ0n) is 15.4. The summed E-state index contributed by atoms with van der Waals surface area (Å²) < 4.78 is 40.1. The van der Waals surface area contributed by atoms with Crippen LogP contribution in [0.15, 0.2) is 48.5 Å². The van der Waals surface area contributed by atoms with Gasteiger partial charge in [-0.25, -0.2) is 9.48 Å².